The fraction of sp³-hybridized carbons (Fsp3) is 0. The van der Waals surface area contributed by atoms with Gasteiger partial charge in [0.25, 0.3) is 0 Å². The minimum atomic E-state index is 0.812. The summed E-state index contributed by atoms with van der Waals surface area (Å²) < 4.78 is 5.03. The van der Waals surface area contributed by atoms with Gasteiger partial charge in [-0.05, 0) is 53.9 Å². The van der Waals surface area contributed by atoms with Gasteiger partial charge in [0.1, 0.15) is 0 Å². The Morgan fingerprint density at radius 1 is 0.500 bits per heavy atom. The molecule has 0 bridgehead atoms. The Kier molecular flexibility index (Phi) is 5.03. The second kappa shape index (κ2) is 9.06. The van der Waals surface area contributed by atoms with Gasteiger partial charge in [-0.2, -0.15) is 0 Å². The molecule has 5 heteroatoms. The first kappa shape index (κ1) is 23.3. The molecule has 0 fully saturated rings. The van der Waals surface area contributed by atoms with Crippen molar-refractivity contribution in [2.45, 2.75) is 0 Å². The Bertz CT molecular complexity index is 2400. The number of para-hydroxylation sites is 1. The van der Waals surface area contributed by atoms with E-state index in [0.29, 0.717) is 0 Å². The fourth-order valence-electron chi connectivity index (χ4n) is 6.32. The summed E-state index contributed by atoms with van der Waals surface area (Å²) in [6.07, 6.45) is 3.63. The quantitative estimate of drug-likeness (QED) is 0.218. The van der Waals surface area contributed by atoms with Crippen LogP contribution < -0.4 is 0 Å². The molecular formula is C37H22N4S. The number of pyridine rings is 3. The van der Waals surface area contributed by atoms with Gasteiger partial charge in [0.15, 0.2) is 0 Å². The van der Waals surface area contributed by atoms with Gasteiger partial charge in [-0.3, -0.25) is 9.97 Å². The lowest BCUT2D eigenvalue weighted by atomic mass is 10.00. The predicted molar refractivity (Wildman–Crippen MR) is 175 cm³/mol. The Labute approximate surface area is 245 Å². The molecular weight excluding hydrogens is 533 g/mol. The molecule has 9 rings (SSSR count). The summed E-state index contributed by atoms with van der Waals surface area (Å²) in [6.45, 7) is 0. The summed E-state index contributed by atoms with van der Waals surface area (Å²) in [5.74, 6) is 0. The Balaban J connectivity index is 1.51. The average molecular weight is 555 g/mol. The van der Waals surface area contributed by atoms with E-state index in [2.05, 4.69) is 99.5 Å². The largest absolute Gasteiger partial charge is 0.308 e. The maximum atomic E-state index is 5.06. The number of hydrogen-bond donors (Lipinski definition) is 0. The number of hydrogen-bond acceptors (Lipinski definition) is 4. The van der Waals surface area contributed by atoms with Crippen LogP contribution >= 0.6 is 11.3 Å². The third kappa shape index (κ3) is 3.38. The summed E-state index contributed by atoms with van der Waals surface area (Å²) in [4.78, 5) is 14.4. The lowest BCUT2D eigenvalue weighted by Gasteiger charge is -2.14. The highest BCUT2D eigenvalue weighted by Crippen LogP contribution is 2.48. The van der Waals surface area contributed by atoms with Crippen molar-refractivity contribution in [3.05, 3.63) is 134 Å². The van der Waals surface area contributed by atoms with E-state index in [0.717, 1.165) is 34.0 Å². The monoisotopic (exact) mass is 554 g/mol. The van der Waals surface area contributed by atoms with Crippen molar-refractivity contribution in [1.29, 1.82) is 0 Å². The molecule has 5 aromatic heterocycles. The van der Waals surface area contributed by atoms with Crippen molar-refractivity contribution in [3.63, 3.8) is 0 Å². The molecule has 9 aromatic rings. The van der Waals surface area contributed by atoms with Gasteiger partial charge >= 0.3 is 0 Å². The van der Waals surface area contributed by atoms with Crippen molar-refractivity contribution in [2.75, 3.05) is 0 Å². The van der Waals surface area contributed by atoms with E-state index >= 15 is 0 Å². The average Bonchev–Trinajstić information content (AvgIpc) is 3.62. The summed E-state index contributed by atoms with van der Waals surface area (Å²) in [6, 6.07) is 42.6. The molecule has 0 aliphatic rings. The number of benzene rings is 4. The van der Waals surface area contributed by atoms with E-state index < -0.39 is 0 Å². The zero-order valence-corrected chi connectivity index (χ0v) is 23.2. The first-order valence-electron chi connectivity index (χ1n) is 14.0. The summed E-state index contributed by atoms with van der Waals surface area (Å²) in [5.41, 5.74) is 6.68. The van der Waals surface area contributed by atoms with Crippen LogP contribution in [0.5, 0.6) is 0 Å². The minimum Gasteiger partial charge on any atom is -0.308 e. The Morgan fingerprint density at radius 2 is 1.10 bits per heavy atom. The second-order valence-electron chi connectivity index (χ2n) is 10.4. The lowest BCUT2D eigenvalue weighted by molar-refractivity contribution is 1.15. The molecule has 0 unspecified atom stereocenters. The van der Waals surface area contributed by atoms with Crippen LogP contribution in [0, 0.1) is 0 Å². The molecule has 0 saturated heterocycles. The van der Waals surface area contributed by atoms with Crippen molar-refractivity contribution >= 4 is 64.1 Å². The van der Waals surface area contributed by atoms with Crippen LogP contribution in [0.3, 0.4) is 0 Å². The maximum absolute atomic E-state index is 5.06. The summed E-state index contributed by atoms with van der Waals surface area (Å²) in [7, 11) is 0. The smallest absolute Gasteiger partial charge is 0.0915 e. The third-order valence-corrected chi connectivity index (χ3v) is 9.28. The topological polar surface area (TPSA) is 43.6 Å². The zero-order valence-electron chi connectivity index (χ0n) is 22.4. The number of rotatable bonds is 3. The van der Waals surface area contributed by atoms with Crippen LogP contribution in [-0.4, -0.2) is 19.5 Å². The molecule has 0 atom stereocenters. The normalized spacial score (nSPS) is 11.8. The number of fused-ring (bicyclic) bond motifs is 10. The van der Waals surface area contributed by atoms with Gasteiger partial charge in [0, 0.05) is 48.7 Å². The van der Waals surface area contributed by atoms with Gasteiger partial charge in [0.2, 0.25) is 0 Å². The molecule has 0 saturated carbocycles. The predicted octanol–water partition coefficient (Wildman–Crippen LogP) is 9.82. The highest BCUT2D eigenvalue weighted by atomic mass is 32.1. The van der Waals surface area contributed by atoms with Crippen LogP contribution in [0.1, 0.15) is 0 Å². The molecule has 5 heterocycles. The van der Waals surface area contributed by atoms with Crippen molar-refractivity contribution in [2.24, 2.45) is 0 Å². The molecule has 0 N–H and O–H groups in total. The first-order valence-corrected chi connectivity index (χ1v) is 14.8. The van der Waals surface area contributed by atoms with Crippen LogP contribution in [0.25, 0.3) is 81.2 Å². The highest BCUT2D eigenvalue weighted by molar-refractivity contribution is 7.27. The SMILES string of the molecule is c1ccc(-c2cc(-n3c4ccccc4c4c5ccccc5c5sc6ccccc6c5c43)cc(-c3ccccn3)n2)nc1. The molecule has 196 valence electrons. The van der Waals surface area contributed by atoms with Crippen LogP contribution in [0.15, 0.2) is 134 Å². The maximum Gasteiger partial charge on any atom is 0.0915 e. The van der Waals surface area contributed by atoms with Crippen LogP contribution in [0.2, 0.25) is 0 Å². The van der Waals surface area contributed by atoms with Crippen molar-refractivity contribution < 1.29 is 0 Å². The van der Waals surface area contributed by atoms with Gasteiger partial charge < -0.3 is 4.57 Å². The highest BCUT2D eigenvalue weighted by Gasteiger charge is 2.22. The van der Waals surface area contributed by atoms with Crippen molar-refractivity contribution in [3.8, 4) is 28.5 Å². The fourth-order valence-corrected chi connectivity index (χ4v) is 7.57. The Hall–Kier alpha value is -5.39. The van der Waals surface area contributed by atoms with Gasteiger partial charge in [0.05, 0.1) is 39.5 Å². The molecule has 0 aliphatic carbocycles. The molecule has 4 aromatic carbocycles. The molecule has 0 spiro atoms. The number of nitrogens with zero attached hydrogens (tertiary/aromatic N) is 4. The van der Waals surface area contributed by atoms with Crippen LogP contribution in [-0.2, 0) is 0 Å². The summed E-state index contributed by atoms with van der Waals surface area (Å²) >= 11 is 1.87. The van der Waals surface area contributed by atoms with E-state index in [-0.39, 0.29) is 0 Å². The molecule has 0 aliphatic heterocycles. The van der Waals surface area contributed by atoms with Crippen molar-refractivity contribution in [1.82, 2.24) is 19.5 Å². The van der Waals surface area contributed by atoms with E-state index in [9.17, 15) is 0 Å². The number of thiophene rings is 1. The molecule has 0 radical (unpaired) electrons. The second-order valence-corrected chi connectivity index (χ2v) is 11.5. The van der Waals surface area contributed by atoms with E-state index in [4.69, 9.17) is 4.98 Å². The van der Waals surface area contributed by atoms with E-state index in [1.807, 2.05) is 60.1 Å². The van der Waals surface area contributed by atoms with Crippen LogP contribution in [0.4, 0.5) is 0 Å². The Morgan fingerprint density at radius 3 is 1.79 bits per heavy atom. The minimum absolute atomic E-state index is 0.812. The number of aromatic nitrogens is 4. The van der Waals surface area contributed by atoms with E-state index in [1.165, 1.54) is 47.2 Å². The third-order valence-electron chi connectivity index (χ3n) is 8.07. The standard InChI is InChI=1S/C37H22N4S/c1-2-12-25-24(11-1)34-26-13-3-5-17-32(26)41(36(34)35-27-14-4-6-18-33(27)42-37(25)35)23-21-30(28-15-7-9-19-38-28)40-31(22-23)29-16-8-10-20-39-29/h1-22H. The summed E-state index contributed by atoms with van der Waals surface area (Å²) in [5, 5.41) is 7.63. The van der Waals surface area contributed by atoms with Gasteiger partial charge in [-0.25, -0.2) is 4.98 Å². The first-order chi connectivity index (χ1) is 20.8. The van der Waals surface area contributed by atoms with E-state index in [1.54, 1.807) is 0 Å². The zero-order chi connectivity index (χ0) is 27.6. The lowest BCUT2D eigenvalue weighted by Crippen LogP contribution is -1.99. The molecule has 0 amide bonds. The van der Waals surface area contributed by atoms with Gasteiger partial charge in [-0.1, -0.05) is 72.8 Å². The molecule has 4 nitrogen and oxygen atoms in total. The van der Waals surface area contributed by atoms with Gasteiger partial charge in [-0.15, -0.1) is 11.3 Å². The molecule has 42 heavy (non-hydrogen) atoms.